The molecule has 6 rings (SSSR count). The largest absolute Gasteiger partial charge is 0.464 e. The first-order valence-electron chi connectivity index (χ1n) is 12.6. The molecule has 2 N–H and O–H groups in total. The van der Waals surface area contributed by atoms with Gasteiger partial charge in [-0.05, 0) is 17.7 Å². The Balaban J connectivity index is 1.17. The standard InChI is InChI=1S/C30H21F3N4O5/c1-40-29(39)24-14-27-23(37(24)16-17-6-3-2-4-7-17)11-20(41-27)15-34-36-28(38)22-13-26-21(35-22)12-25(42-26)18-8-5-9-19(10-18)30(31,32)33/h2-15,35H,16H2,1H3,(H,36,38)/b34-15+. The number of ether oxygens (including phenoxy) is 1. The van der Waals surface area contributed by atoms with E-state index in [-0.39, 0.29) is 17.0 Å². The Morgan fingerprint density at radius 2 is 1.81 bits per heavy atom. The first-order valence-corrected chi connectivity index (χ1v) is 12.6. The van der Waals surface area contributed by atoms with Gasteiger partial charge in [0.1, 0.15) is 22.9 Å². The number of furan rings is 2. The van der Waals surface area contributed by atoms with E-state index in [0.29, 0.717) is 40.2 Å². The molecule has 0 spiro atoms. The molecule has 2 aromatic carbocycles. The number of nitrogens with zero attached hydrogens (tertiary/aromatic N) is 2. The third-order valence-electron chi connectivity index (χ3n) is 6.57. The first-order chi connectivity index (χ1) is 20.2. The van der Waals surface area contributed by atoms with E-state index in [2.05, 4.69) is 15.5 Å². The molecule has 42 heavy (non-hydrogen) atoms. The first kappa shape index (κ1) is 26.7. The van der Waals surface area contributed by atoms with Crippen molar-refractivity contribution in [3.63, 3.8) is 0 Å². The van der Waals surface area contributed by atoms with Gasteiger partial charge in [0.25, 0.3) is 5.91 Å². The number of hydrogen-bond donors (Lipinski definition) is 2. The molecule has 0 saturated carbocycles. The monoisotopic (exact) mass is 574 g/mol. The zero-order valence-electron chi connectivity index (χ0n) is 21.9. The Kier molecular flexibility index (Phi) is 6.65. The van der Waals surface area contributed by atoms with Gasteiger partial charge in [0.2, 0.25) is 0 Å². The summed E-state index contributed by atoms with van der Waals surface area (Å²) in [6.45, 7) is 0.408. The predicted molar refractivity (Wildman–Crippen MR) is 147 cm³/mol. The van der Waals surface area contributed by atoms with E-state index in [1.807, 2.05) is 30.3 Å². The van der Waals surface area contributed by atoms with Crippen molar-refractivity contribution in [2.45, 2.75) is 12.7 Å². The highest BCUT2D eigenvalue weighted by molar-refractivity contribution is 5.98. The van der Waals surface area contributed by atoms with E-state index in [1.165, 1.54) is 37.6 Å². The molecule has 0 aliphatic carbocycles. The van der Waals surface area contributed by atoms with Crippen molar-refractivity contribution >= 4 is 40.3 Å². The maximum absolute atomic E-state index is 13.1. The highest BCUT2D eigenvalue weighted by Crippen LogP contribution is 2.34. The van der Waals surface area contributed by atoms with Gasteiger partial charge in [0.15, 0.2) is 11.2 Å². The van der Waals surface area contributed by atoms with E-state index >= 15 is 0 Å². The van der Waals surface area contributed by atoms with Crippen molar-refractivity contribution in [2.75, 3.05) is 7.11 Å². The smallest absolute Gasteiger partial charge is 0.416 e. The molecule has 0 saturated heterocycles. The maximum atomic E-state index is 13.1. The summed E-state index contributed by atoms with van der Waals surface area (Å²) in [6.07, 6.45) is -3.16. The van der Waals surface area contributed by atoms with Crippen molar-refractivity contribution in [1.29, 1.82) is 0 Å². The number of esters is 1. The van der Waals surface area contributed by atoms with Crippen LogP contribution in [0.15, 0.2) is 92.8 Å². The molecule has 6 aromatic rings. The summed E-state index contributed by atoms with van der Waals surface area (Å²) in [5.74, 6) is -0.511. The molecule has 0 radical (unpaired) electrons. The number of hydrogen-bond acceptors (Lipinski definition) is 6. The Morgan fingerprint density at radius 3 is 2.55 bits per heavy atom. The van der Waals surface area contributed by atoms with E-state index in [9.17, 15) is 22.8 Å². The minimum absolute atomic E-state index is 0.137. The van der Waals surface area contributed by atoms with Gasteiger partial charge in [0.05, 0.1) is 29.9 Å². The Hall–Kier alpha value is -5.52. The van der Waals surface area contributed by atoms with Crippen LogP contribution in [0, 0.1) is 0 Å². The van der Waals surface area contributed by atoms with Crippen molar-refractivity contribution in [3.8, 4) is 11.3 Å². The number of aromatic amines is 1. The van der Waals surface area contributed by atoms with Crippen molar-refractivity contribution < 1.29 is 36.3 Å². The molecule has 9 nitrogen and oxygen atoms in total. The van der Waals surface area contributed by atoms with Crippen LogP contribution in [0.2, 0.25) is 0 Å². The Morgan fingerprint density at radius 1 is 1.00 bits per heavy atom. The zero-order valence-corrected chi connectivity index (χ0v) is 21.9. The molecule has 0 aliphatic heterocycles. The molecule has 1 amide bonds. The molecule has 0 fully saturated rings. The number of methoxy groups -OCH3 is 1. The average Bonchev–Trinajstić information content (AvgIpc) is 3.73. The normalized spacial score (nSPS) is 12.0. The van der Waals surface area contributed by atoms with Crippen LogP contribution in [0.5, 0.6) is 0 Å². The number of aromatic nitrogens is 2. The third kappa shape index (κ3) is 5.17. The van der Waals surface area contributed by atoms with Gasteiger partial charge in [-0.15, -0.1) is 0 Å². The number of carbonyl (C=O) groups excluding carboxylic acids is 2. The average molecular weight is 575 g/mol. The summed E-state index contributed by atoms with van der Waals surface area (Å²) in [7, 11) is 1.31. The maximum Gasteiger partial charge on any atom is 0.416 e. The van der Waals surface area contributed by atoms with Crippen molar-refractivity contribution in [1.82, 2.24) is 15.0 Å². The number of alkyl halides is 3. The molecule has 4 heterocycles. The second-order valence-corrected chi connectivity index (χ2v) is 9.34. The van der Waals surface area contributed by atoms with E-state index < -0.39 is 23.6 Å². The van der Waals surface area contributed by atoms with Crippen molar-refractivity contribution in [2.24, 2.45) is 5.10 Å². The van der Waals surface area contributed by atoms with E-state index in [1.54, 1.807) is 16.7 Å². The second-order valence-electron chi connectivity index (χ2n) is 9.34. The fourth-order valence-electron chi connectivity index (χ4n) is 4.58. The molecule has 12 heteroatoms. The van der Waals surface area contributed by atoms with Crippen LogP contribution < -0.4 is 5.43 Å². The minimum Gasteiger partial charge on any atom is -0.464 e. The van der Waals surface area contributed by atoms with Crippen LogP contribution >= 0.6 is 0 Å². The third-order valence-corrected chi connectivity index (χ3v) is 6.57. The Labute approximate surface area is 235 Å². The van der Waals surface area contributed by atoms with Crippen LogP contribution in [-0.2, 0) is 17.5 Å². The lowest BCUT2D eigenvalue weighted by atomic mass is 10.1. The number of fused-ring (bicyclic) bond motifs is 2. The zero-order chi connectivity index (χ0) is 29.4. The lowest BCUT2D eigenvalue weighted by Gasteiger charge is -2.08. The summed E-state index contributed by atoms with van der Waals surface area (Å²) in [6, 6.07) is 20.6. The van der Waals surface area contributed by atoms with Gasteiger partial charge in [-0.1, -0.05) is 42.5 Å². The summed E-state index contributed by atoms with van der Waals surface area (Å²) in [5.41, 5.74) is 5.13. The highest BCUT2D eigenvalue weighted by atomic mass is 19.4. The number of nitrogens with one attached hydrogen (secondary N) is 2. The molecule has 0 bridgehead atoms. The minimum atomic E-state index is -4.48. The number of carbonyl (C=O) groups is 2. The molecule has 4 aromatic heterocycles. The summed E-state index contributed by atoms with van der Waals surface area (Å²) < 4.78 is 57.3. The summed E-state index contributed by atoms with van der Waals surface area (Å²) in [4.78, 5) is 27.8. The van der Waals surface area contributed by atoms with Gasteiger partial charge in [-0.2, -0.15) is 18.3 Å². The lowest BCUT2D eigenvalue weighted by molar-refractivity contribution is -0.137. The predicted octanol–water partition coefficient (Wildman–Crippen LogP) is 6.59. The van der Waals surface area contributed by atoms with E-state index in [4.69, 9.17) is 13.6 Å². The molecule has 0 aliphatic rings. The highest BCUT2D eigenvalue weighted by Gasteiger charge is 2.30. The summed E-state index contributed by atoms with van der Waals surface area (Å²) in [5, 5.41) is 3.96. The van der Waals surface area contributed by atoms with Gasteiger partial charge < -0.3 is 23.1 Å². The quantitative estimate of drug-likeness (QED) is 0.127. The number of H-pyrrole nitrogens is 1. The Bertz CT molecular complexity index is 1930. The van der Waals surface area contributed by atoms with Crippen LogP contribution in [0.4, 0.5) is 13.2 Å². The van der Waals surface area contributed by atoms with Crippen LogP contribution in [0.1, 0.15) is 37.9 Å². The van der Waals surface area contributed by atoms with Crippen LogP contribution in [-0.4, -0.2) is 34.8 Å². The second kappa shape index (κ2) is 10.5. The van der Waals surface area contributed by atoms with Crippen LogP contribution in [0.25, 0.3) is 33.5 Å². The summed E-state index contributed by atoms with van der Waals surface area (Å²) >= 11 is 0. The van der Waals surface area contributed by atoms with Crippen molar-refractivity contribution in [3.05, 3.63) is 107 Å². The molecular formula is C30H21F3N4O5. The number of halogens is 3. The van der Waals surface area contributed by atoms with Gasteiger partial charge >= 0.3 is 12.1 Å². The number of amides is 1. The molecule has 0 atom stereocenters. The molecule has 212 valence electrons. The fraction of sp³-hybridized carbons (Fsp3) is 0.100. The van der Waals surface area contributed by atoms with Gasteiger partial charge in [-0.3, -0.25) is 4.79 Å². The molecule has 0 unspecified atom stereocenters. The van der Waals surface area contributed by atoms with Crippen LogP contribution in [0.3, 0.4) is 0 Å². The SMILES string of the molecule is COC(=O)c1cc2oc(/C=N/NC(=O)c3cc4oc(-c5cccc(C(F)(F)F)c5)cc4[nH]3)cc2n1Cc1ccccc1. The fourth-order valence-corrected chi connectivity index (χ4v) is 4.58. The van der Waals surface area contributed by atoms with Gasteiger partial charge in [-0.25, -0.2) is 10.2 Å². The van der Waals surface area contributed by atoms with Gasteiger partial charge in [0, 0.05) is 36.4 Å². The van der Waals surface area contributed by atoms with E-state index in [0.717, 1.165) is 17.7 Å². The number of hydrazone groups is 1. The number of rotatable bonds is 7. The molecular weight excluding hydrogens is 553 g/mol. The number of benzene rings is 2. The topological polar surface area (TPSA) is 115 Å². The lowest BCUT2D eigenvalue weighted by Crippen LogP contribution is -2.17.